The van der Waals surface area contributed by atoms with Crippen molar-refractivity contribution in [3.05, 3.63) is 36.0 Å². The fraction of sp³-hybridized carbons (Fsp3) is 0.842. The van der Waals surface area contributed by atoms with Gasteiger partial charge in [0.1, 0.15) is 6.23 Å². The first kappa shape index (κ1) is 27.4. The number of fused-ring (bicyclic) bond motifs is 9. The van der Waals surface area contributed by atoms with Crippen molar-refractivity contribution < 1.29 is 4.74 Å². The highest BCUT2D eigenvalue weighted by molar-refractivity contribution is 5.26. The van der Waals surface area contributed by atoms with Gasteiger partial charge in [-0.05, 0) is 120 Å². The van der Waals surface area contributed by atoms with Crippen molar-refractivity contribution in [3.63, 3.8) is 0 Å². The molecule has 0 aromatic heterocycles. The second-order valence-electron chi connectivity index (χ2n) is 16.3. The van der Waals surface area contributed by atoms with Crippen LogP contribution in [0.15, 0.2) is 36.0 Å². The Kier molecular flexibility index (Phi) is 7.26. The van der Waals surface area contributed by atoms with E-state index >= 15 is 0 Å². The van der Waals surface area contributed by atoms with Gasteiger partial charge in [0.2, 0.25) is 0 Å². The van der Waals surface area contributed by atoms with Crippen LogP contribution in [0.25, 0.3) is 0 Å². The molecule has 0 amide bonds. The van der Waals surface area contributed by atoms with Gasteiger partial charge in [-0.2, -0.15) is 0 Å². The highest BCUT2D eigenvalue weighted by atomic mass is 16.5. The van der Waals surface area contributed by atoms with Crippen molar-refractivity contribution in [1.29, 1.82) is 0 Å². The Balaban J connectivity index is 1.08. The van der Waals surface area contributed by atoms with Crippen molar-refractivity contribution in [2.45, 2.75) is 152 Å². The van der Waals surface area contributed by atoms with E-state index in [-0.39, 0.29) is 0 Å². The summed E-state index contributed by atoms with van der Waals surface area (Å²) in [5.41, 5.74) is 1.91. The lowest BCUT2D eigenvalue weighted by Gasteiger charge is -2.48. The van der Waals surface area contributed by atoms with E-state index in [1.807, 2.05) is 5.57 Å². The normalized spacial score (nSPS) is 51.0. The van der Waals surface area contributed by atoms with Gasteiger partial charge in [-0.25, -0.2) is 0 Å². The molecule has 4 aliphatic heterocycles. The summed E-state index contributed by atoms with van der Waals surface area (Å²) in [5, 5.41) is 3.91. The molecule has 9 aliphatic rings. The molecule has 0 aromatic carbocycles. The molecule has 0 aromatic rings. The first-order valence-corrected chi connectivity index (χ1v) is 18.7. The van der Waals surface area contributed by atoms with Crippen LogP contribution in [0, 0.1) is 41.4 Å². The molecule has 1 N–H and O–H groups in total. The molecule has 9 rings (SSSR count). The summed E-state index contributed by atoms with van der Waals surface area (Å²) in [6, 6.07) is 2.69. The Morgan fingerprint density at radius 3 is 2.50 bits per heavy atom. The molecule has 4 nitrogen and oxygen atoms in total. The second kappa shape index (κ2) is 11.1. The van der Waals surface area contributed by atoms with E-state index in [2.05, 4.69) is 52.4 Å². The highest BCUT2D eigenvalue weighted by Crippen LogP contribution is 2.57. The predicted octanol–water partition coefficient (Wildman–Crippen LogP) is 7.43. The summed E-state index contributed by atoms with van der Waals surface area (Å²) in [4.78, 5) is 6.29. The van der Waals surface area contributed by atoms with E-state index in [1.165, 1.54) is 109 Å². The summed E-state index contributed by atoms with van der Waals surface area (Å²) < 4.78 is 7.19. The molecule has 4 heterocycles. The van der Waals surface area contributed by atoms with E-state index in [1.54, 1.807) is 0 Å². The maximum atomic E-state index is 7.19. The maximum Gasteiger partial charge on any atom is 0.111 e. The van der Waals surface area contributed by atoms with Crippen molar-refractivity contribution in [3.8, 4) is 0 Å². The lowest BCUT2D eigenvalue weighted by Crippen LogP contribution is -2.55. The molecule has 4 saturated heterocycles. The average Bonchev–Trinajstić information content (AvgIpc) is 3.70. The molecule has 0 radical (unpaired) electrons. The Labute approximate surface area is 255 Å². The van der Waals surface area contributed by atoms with Crippen LogP contribution >= 0.6 is 0 Å². The molecule has 4 heteroatoms. The number of nitrogens with zero attached hydrogens (tertiary/aromatic N) is 2. The Hall–Kier alpha value is -0.940. The van der Waals surface area contributed by atoms with E-state index in [9.17, 15) is 0 Å². The van der Waals surface area contributed by atoms with Crippen LogP contribution in [0.2, 0.25) is 0 Å². The fourth-order valence-corrected chi connectivity index (χ4v) is 12.5. The van der Waals surface area contributed by atoms with Gasteiger partial charge in [0, 0.05) is 42.5 Å². The first-order valence-electron chi connectivity index (χ1n) is 18.7. The van der Waals surface area contributed by atoms with Crippen LogP contribution in [0.4, 0.5) is 0 Å². The third-order valence-corrected chi connectivity index (χ3v) is 14.3. The number of allylic oxidation sites excluding steroid dienone is 3. The molecule has 13 unspecified atom stereocenters. The van der Waals surface area contributed by atoms with Gasteiger partial charge in [0.25, 0.3) is 0 Å². The van der Waals surface area contributed by atoms with Crippen molar-refractivity contribution >= 4 is 0 Å². The van der Waals surface area contributed by atoms with Crippen molar-refractivity contribution in [1.82, 2.24) is 15.1 Å². The lowest BCUT2D eigenvalue weighted by atomic mass is 9.67. The molecule has 0 bridgehead atoms. The third kappa shape index (κ3) is 4.43. The molecule has 0 spiro atoms. The Morgan fingerprint density at radius 1 is 0.786 bits per heavy atom. The lowest BCUT2D eigenvalue weighted by molar-refractivity contribution is -0.0753. The van der Waals surface area contributed by atoms with Gasteiger partial charge < -0.3 is 4.74 Å². The second-order valence-corrected chi connectivity index (χ2v) is 16.3. The minimum absolute atomic E-state index is 0.312. The zero-order valence-electron chi connectivity index (χ0n) is 26.3. The van der Waals surface area contributed by atoms with E-state index in [0.717, 1.165) is 41.5 Å². The quantitative estimate of drug-likeness (QED) is 0.357. The summed E-state index contributed by atoms with van der Waals surface area (Å²) in [6.07, 6.45) is 36.7. The highest BCUT2D eigenvalue weighted by Gasteiger charge is 2.64. The molecule has 5 aliphatic carbocycles. The standard InChI is InChI=1S/C38H57N3O/c1-24-16-19-30-29-20-17-28-23-40-33-14-8-9-15-34(33)41(38(40)35(28)36(29)42-37(30)39-24)32-21-18-27(25-10-4-2-5-11-25)22-31(32)26-12-6-3-7-13-26/h4,8-10,22,24-30,32-39H,2-3,5-7,11-21,23H2,1H3. The summed E-state index contributed by atoms with van der Waals surface area (Å²) >= 11 is 0. The summed E-state index contributed by atoms with van der Waals surface area (Å²) in [6.45, 7) is 3.70. The number of hydrogen-bond donors (Lipinski definition) is 1. The zero-order chi connectivity index (χ0) is 27.8. The smallest absolute Gasteiger partial charge is 0.111 e. The number of rotatable bonds is 3. The van der Waals surface area contributed by atoms with Gasteiger partial charge >= 0.3 is 0 Å². The Bertz CT molecular complexity index is 1090. The van der Waals surface area contributed by atoms with Gasteiger partial charge in [-0.3, -0.25) is 15.1 Å². The van der Waals surface area contributed by atoms with Crippen LogP contribution in [-0.2, 0) is 4.74 Å². The van der Waals surface area contributed by atoms with Gasteiger partial charge in [-0.1, -0.05) is 55.2 Å². The van der Waals surface area contributed by atoms with E-state index in [0.29, 0.717) is 42.5 Å². The maximum absolute atomic E-state index is 7.19. The molecular formula is C38H57N3O. The van der Waals surface area contributed by atoms with Gasteiger partial charge in [0.05, 0.1) is 12.3 Å². The minimum Gasteiger partial charge on any atom is -0.359 e. The van der Waals surface area contributed by atoms with Crippen molar-refractivity contribution in [2.75, 3.05) is 6.54 Å². The molecular weight excluding hydrogens is 514 g/mol. The monoisotopic (exact) mass is 571 g/mol. The van der Waals surface area contributed by atoms with Crippen LogP contribution in [0.3, 0.4) is 0 Å². The predicted molar refractivity (Wildman–Crippen MR) is 170 cm³/mol. The Morgan fingerprint density at radius 2 is 1.64 bits per heavy atom. The van der Waals surface area contributed by atoms with Crippen LogP contribution in [0.1, 0.15) is 110 Å². The van der Waals surface area contributed by atoms with Crippen LogP contribution < -0.4 is 5.32 Å². The van der Waals surface area contributed by atoms with Crippen LogP contribution in [0.5, 0.6) is 0 Å². The van der Waals surface area contributed by atoms with Crippen molar-refractivity contribution in [2.24, 2.45) is 41.4 Å². The van der Waals surface area contributed by atoms with E-state index in [4.69, 9.17) is 4.74 Å². The molecule has 6 fully saturated rings. The third-order valence-electron chi connectivity index (χ3n) is 14.3. The zero-order valence-corrected chi connectivity index (χ0v) is 26.3. The van der Waals surface area contributed by atoms with Gasteiger partial charge in [-0.15, -0.1) is 0 Å². The summed E-state index contributed by atoms with van der Waals surface area (Å²) in [7, 11) is 0. The minimum atomic E-state index is 0.312. The molecule has 230 valence electrons. The van der Waals surface area contributed by atoms with Crippen LogP contribution in [-0.4, -0.2) is 59.0 Å². The number of piperidine rings is 1. The van der Waals surface area contributed by atoms with Gasteiger partial charge in [0.15, 0.2) is 0 Å². The summed E-state index contributed by atoms with van der Waals surface area (Å²) in [5.74, 6) is 5.45. The number of ether oxygens (including phenoxy) is 1. The number of hydrogen-bond acceptors (Lipinski definition) is 4. The average molecular weight is 572 g/mol. The fourth-order valence-electron chi connectivity index (χ4n) is 12.5. The first-order chi connectivity index (χ1) is 20.7. The molecule has 42 heavy (non-hydrogen) atoms. The molecule has 13 atom stereocenters. The van der Waals surface area contributed by atoms with E-state index < -0.39 is 0 Å². The number of nitrogens with one attached hydrogen (secondary N) is 1. The molecule has 2 saturated carbocycles. The largest absolute Gasteiger partial charge is 0.359 e. The SMILES string of the molecule is CC1CCC2C(N1)OC1C2CCC2CN3C4CC=CCC4N(C4CCC(C5C=CCCC5)C=C4C4CCCCC4)C3C21. The topological polar surface area (TPSA) is 27.7 Å².